The average Bonchev–Trinajstić information content (AvgIpc) is 3.16. The molecule has 3 heterocycles. The Morgan fingerprint density at radius 3 is 2.65 bits per heavy atom. The molecule has 1 aliphatic carbocycles. The summed E-state index contributed by atoms with van der Waals surface area (Å²) in [7, 11) is 0. The molecular formula is C16H23N5OS. The van der Waals surface area contributed by atoms with Gasteiger partial charge in [-0.15, -0.1) is 10.2 Å². The van der Waals surface area contributed by atoms with Crippen LogP contribution in [0.4, 0.5) is 5.95 Å². The zero-order chi connectivity index (χ0) is 15.8. The number of anilines is 1. The molecule has 2 fully saturated rings. The fourth-order valence-corrected chi connectivity index (χ4v) is 3.94. The van der Waals surface area contributed by atoms with Crippen molar-refractivity contribution >= 4 is 17.7 Å². The number of hydrogen-bond donors (Lipinski definition) is 0. The Morgan fingerprint density at radius 2 is 2.00 bits per heavy atom. The molecule has 0 aromatic carbocycles. The lowest BCUT2D eigenvalue weighted by Gasteiger charge is -2.31. The highest BCUT2D eigenvalue weighted by molar-refractivity contribution is 7.98. The smallest absolute Gasteiger partial charge is 0.228 e. The van der Waals surface area contributed by atoms with E-state index in [9.17, 15) is 0 Å². The summed E-state index contributed by atoms with van der Waals surface area (Å²) >= 11 is 1.70. The predicted octanol–water partition coefficient (Wildman–Crippen LogP) is 3.44. The van der Waals surface area contributed by atoms with E-state index >= 15 is 0 Å². The van der Waals surface area contributed by atoms with Gasteiger partial charge in [0.1, 0.15) is 5.76 Å². The molecular weight excluding hydrogens is 310 g/mol. The van der Waals surface area contributed by atoms with Crippen LogP contribution < -0.4 is 4.90 Å². The fourth-order valence-electron chi connectivity index (χ4n) is 3.06. The van der Waals surface area contributed by atoms with Crippen molar-refractivity contribution < 1.29 is 4.52 Å². The van der Waals surface area contributed by atoms with Gasteiger partial charge in [-0.1, -0.05) is 23.8 Å². The molecule has 0 spiro atoms. The number of hydrogen-bond acceptors (Lipinski definition) is 6. The average molecular weight is 333 g/mol. The Morgan fingerprint density at radius 1 is 1.22 bits per heavy atom. The second-order valence-corrected chi connectivity index (χ2v) is 7.72. The first-order valence-electron chi connectivity index (χ1n) is 8.45. The van der Waals surface area contributed by atoms with Gasteiger partial charge < -0.3 is 9.42 Å². The summed E-state index contributed by atoms with van der Waals surface area (Å²) in [5, 5.41) is 13.9. The molecule has 1 saturated heterocycles. The number of piperidine rings is 1. The van der Waals surface area contributed by atoms with Gasteiger partial charge in [0.25, 0.3) is 0 Å². The molecule has 23 heavy (non-hydrogen) atoms. The lowest BCUT2D eigenvalue weighted by atomic mass is 10.00. The molecule has 0 radical (unpaired) electrons. The highest BCUT2D eigenvalue weighted by Gasteiger charge is 2.32. The molecule has 0 bridgehead atoms. The molecule has 0 amide bonds. The third-order valence-corrected chi connectivity index (χ3v) is 5.61. The van der Waals surface area contributed by atoms with Crippen molar-refractivity contribution in [3.8, 4) is 0 Å². The molecule has 0 atom stereocenters. The van der Waals surface area contributed by atoms with Crippen molar-refractivity contribution in [2.24, 2.45) is 5.92 Å². The van der Waals surface area contributed by atoms with E-state index in [1.807, 2.05) is 13.0 Å². The maximum atomic E-state index is 5.30. The van der Waals surface area contributed by atoms with Gasteiger partial charge in [-0.25, -0.2) is 0 Å². The van der Waals surface area contributed by atoms with Gasteiger partial charge in [0, 0.05) is 25.2 Å². The van der Waals surface area contributed by atoms with Crippen molar-refractivity contribution in [3.05, 3.63) is 17.5 Å². The molecule has 0 unspecified atom stereocenters. The van der Waals surface area contributed by atoms with Crippen LogP contribution in [0.3, 0.4) is 0 Å². The van der Waals surface area contributed by atoms with E-state index in [-0.39, 0.29) is 0 Å². The normalized spacial score (nSPS) is 19.5. The first kappa shape index (κ1) is 15.1. The minimum atomic E-state index is 0.582. The van der Waals surface area contributed by atoms with Gasteiger partial charge >= 0.3 is 0 Å². The van der Waals surface area contributed by atoms with E-state index in [0.717, 1.165) is 47.3 Å². The van der Waals surface area contributed by atoms with E-state index in [2.05, 4.69) is 31.7 Å². The van der Waals surface area contributed by atoms with Crippen molar-refractivity contribution in [2.75, 3.05) is 18.0 Å². The monoisotopic (exact) mass is 333 g/mol. The number of aryl methyl sites for hydroxylation is 1. The van der Waals surface area contributed by atoms with Gasteiger partial charge in [-0.05, 0) is 38.5 Å². The van der Waals surface area contributed by atoms with Crippen LogP contribution in [0.5, 0.6) is 0 Å². The van der Waals surface area contributed by atoms with Gasteiger partial charge in [-0.2, -0.15) is 0 Å². The lowest BCUT2D eigenvalue weighted by Crippen LogP contribution is -2.34. The van der Waals surface area contributed by atoms with Gasteiger partial charge in [0.05, 0.1) is 11.4 Å². The van der Waals surface area contributed by atoms with E-state index in [1.54, 1.807) is 11.8 Å². The number of nitrogens with zero attached hydrogens (tertiary/aromatic N) is 5. The second-order valence-electron chi connectivity index (χ2n) is 6.78. The summed E-state index contributed by atoms with van der Waals surface area (Å²) < 4.78 is 7.65. The zero-order valence-corrected chi connectivity index (χ0v) is 14.6. The second kappa shape index (κ2) is 6.19. The molecule has 124 valence electrons. The van der Waals surface area contributed by atoms with Crippen molar-refractivity contribution in [1.82, 2.24) is 19.9 Å². The van der Waals surface area contributed by atoms with Crippen molar-refractivity contribution in [2.45, 2.75) is 56.5 Å². The Labute approximate surface area is 140 Å². The van der Waals surface area contributed by atoms with Crippen LogP contribution in [-0.4, -0.2) is 33.0 Å². The molecule has 4 rings (SSSR count). The molecule has 1 saturated carbocycles. The Hall–Kier alpha value is -1.50. The van der Waals surface area contributed by atoms with E-state index in [0.29, 0.717) is 6.04 Å². The van der Waals surface area contributed by atoms with Crippen LogP contribution in [0.1, 0.15) is 50.1 Å². The number of thioether (sulfide) groups is 1. The Balaban J connectivity index is 1.51. The summed E-state index contributed by atoms with van der Waals surface area (Å²) in [6, 6.07) is 2.57. The topological polar surface area (TPSA) is 60.0 Å². The lowest BCUT2D eigenvalue weighted by molar-refractivity contribution is 0.391. The quantitative estimate of drug-likeness (QED) is 0.781. The van der Waals surface area contributed by atoms with Crippen molar-refractivity contribution in [3.63, 3.8) is 0 Å². The minimum absolute atomic E-state index is 0.582. The maximum Gasteiger partial charge on any atom is 0.228 e. The van der Waals surface area contributed by atoms with E-state index < -0.39 is 0 Å². The van der Waals surface area contributed by atoms with Crippen molar-refractivity contribution in [1.29, 1.82) is 0 Å². The summed E-state index contributed by atoms with van der Waals surface area (Å²) in [4.78, 5) is 2.41. The van der Waals surface area contributed by atoms with Crippen LogP contribution in [0, 0.1) is 12.8 Å². The Bertz CT molecular complexity index is 670. The van der Waals surface area contributed by atoms with Gasteiger partial charge in [-0.3, -0.25) is 4.57 Å². The van der Waals surface area contributed by atoms with Crippen LogP contribution in [0.15, 0.2) is 15.7 Å². The predicted molar refractivity (Wildman–Crippen MR) is 89.7 cm³/mol. The largest absolute Gasteiger partial charge is 0.360 e. The third-order valence-electron chi connectivity index (χ3n) is 4.65. The molecule has 0 N–H and O–H groups in total. The zero-order valence-electron chi connectivity index (χ0n) is 13.7. The summed E-state index contributed by atoms with van der Waals surface area (Å²) in [5.74, 6) is 3.54. The van der Waals surface area contributed by atoms with Crippen LogP contribution >= 0.6 is 11.8 Å². The van der Waals surface area contributed by atoms with Gasteiger partial charge in [0.15, 0.2) is 5.16 Å². The minimum Gasteiger partial charge on any atom is -0.360 e. The van der Waals surface area contributed by atoms with E-state index in [1.165, 1.54) is 25.7 Å². The summed E-state index contributed by atoms with van der Waals surface area (Å²) in [6.45, 7) is 6.47. The highest BCUT2D eigenvalue weighted by Crippen LogP contribution is 2.41. The highest BCUT2D eigenvalue weighted by atomic mass is 32.2. The first-order valence-corrected chi connectivity index (χ1v) is 9.44. The van der Waals surface area contributed by atoms with Crippen LogP contribution in [-0.2, 0) is 5.75 Å². The molecule has 7 heteroatoms. The number of rotatable bonds is 5. The summed E-state index contributed by atoms with van der Waals surface area (Å²) in [5.41, 5.74) is 0.924. The SMILES string of the molecule is Cc1cc(CSc2nnc(N3CCC(C)CC3)n2C2CC2)on1. The maximum absolute atomic E-state index is 5.30. The molecule has 2 aromatic rings. The molecule has 6 nitrogen and oxygen atoms in total. The fraction of sp³-hybridized carbons (Fsp3) is 0.688. The van der Waals surface area contributed by atoms with E-state index in [4.69, 9.17) is 4.52 Å². The number of aromatic nitrogens is 4. The van der Waals surface area contributed by atoms with Gasteiger partial charge in [0.2, 0.25) is 5.95 Å². The Kier molecular flexibility index (Phi) is 4.05. The molecule has 2 aromatic heterocycles. The summed E-state index contributed by atoms with van der Waals surface area (Å²) in [6.07, 6.45) is 4.98. The molecule has 1 aliphatic heterocycles. The third kappa shape index (κ3) is 3.24. The standard InChI is InChI=1S/C16H23N5OS/c1-11-5-7-20(8-6-11)15-17-18-16(21(15)13-3-4-13)23-10-14-9-12(2)19-22-14/h9,11,13H,3-8,10H2,1-2H3. The van der Waals surface area contributed by atoms with Crippen LogP contribution in [0.25, 0.3) is 0 Å². The first-order chi connectivity index (χ1) is 11.2. The van der Waals surface area contributed by atoms with Crippen LogP contribution in [0.2, 0.25) is 0 Å². The molecule has 2 aliphatic rings.